The molecule has 0 fully saturated rings. The van der Waals surface area contributed by atoms with Gasteiger partial charge >= 0.3 is 0 Å². The number of amides is 1. The molecule has 1 N–H and O–H groups in total. The Kier molecular flexibility index (Phi) is 4.57. The van der Waals surface area contributed by atoms with Gasteiger partial charge in [0.05, 0.1) is 11.3 Å². The average Bonchev–Trinajstić information content (AvgIpc) is 3.07. The number of nitrogens with one attached hydrogen (secondary N) is 1. The number of aromatic nitrogens is 2. The summed E-state index contributed by atoms with van der Waals surface area (Å²) < 4.78 is 3.20. The van der Waals surface area contributed by atoms with Gasteiger partial charge in [-0.3, -0.25) is 4.79 Å². The van der Waals surface area contributed by atoms with Gasteiger partial charge in [0.2, 0.25) is 0 Å². The van der Waals surface area contributed by atoms with Crippen molar-refractivity contribution in [3.05, 3.63) is 69.7 Å². The Hall–Kier alpha value is -2.15. The number of carbonyl (C=O) groups excluding carboxylic acids is 1. The first-order chi connectivity index (χ1) is 12.2. The van der Waals surface area contributed by atoms with E-state index in [0.29, 0.717) is 5.56 Å². The van der Waals surface area contributed by atoms with E-state index in [1.165, 1.54) is 18.7 Å². The molecule has 126 valence electrons. The van der Waals surface area contributed by atoms with E-state index in [1.54, 1.807) is 0 Å². The quantitative estimate of drug-likeness (QED) is 0.595. The molecule has 1 aliphatic heterocycles. The minimum Gasteiger partial charge on any atom is -0.334 e. The number of anilines is 1. The third-order valence-electron chi connectivity index (χ3n) is 4.47. The van der Waals surface area contributed by atoms with Crippen molar-refractivity contribution in [1.82, 2.24) is 9.55 Å². The second-order valence-corrected chi connectivity index (χ2v) is 7.37. The summed E-state index contributed by atoms with van der Waals surface area (Å²) in [5, 5.41) is 2.96. The van der Waals surface area contributed by atoms with Crippen molar-refractivity contribution < 1.29 is 4.79 Å². The Labute approximate surface area is 160 Å². The van der Waals surface area contributed by atoms with Gasteiger partial charge in [0.1, 0.15) is 5.82 Å². The van der Waals surface area contributed by atoms with Crippen molar-refractivity contribution in [3.8, 4) is 11.3 Å². The van der Waals surface area contributed by atoms with Crippen molar-refractivity contribution in [2.24, 2.45) is 0 Å². The first-order valence-corrected chi connectivity index (χ1v) is 9.51. The van der Waals surface area contributed by atoms with Crippen LogP contribution in [0, 0.1) is 3.57 Å². The maximum absolute atomic E-state index is 12.4. The molecular weight excluding hydrogens is 425 g/mol. The Bertz CT molecular complexity index is 891. The van der Waals surface area contributed by atoms with Crippen LogP contribution in [0.4, 0.5) is 5.69 Å². The molecule has 25 heavy (non-hydrogen) atoms. The van der Waals surface area contributed by atoms with Crippen molar-refractivity contribution in [1.29, 1.82) is 0 Å². The fourth-order valence-corrected chi connectivity index (χ4v) is 3.75. The van der Waals surface area contributed by atoms with Crippen LogP contribution in [0.15, 0.2) is 54.7 Å². The third-order valence-corrected chi connectivity index (χ3v) is 5.41. The third kappa shape index (κ3) is 3.46. The van der Waals surface area contributed by atoms with Crippen molar-refractivity contribution in [2.45, 2.75) is 25.8 Å². The van der Waals surface area contributed by atoms with Gasteiger partial charge in [0, 0.05) is 34.0 Å². The van der Waals surface area contributed by atoms with Gasteiger partial charge < -0.3 is 9.88 Å². The summed E-state index contributed by atoms with van der Waals surface area (Å²) in [4.78, 5) is 17.1. The minimum absolute atomic E-state index is 0.0878. The van der Waals surface area contributed by atoms with E-state index in [0.717, 1.165) is 33.5 Å². The molecule has 0 radical (unpaired) electrons. The Balaban J connectivity index is 1.51. The van der Waals surface area contributed by atoms with Crippen LogP contribution in [0.2, 0.25) is 0 Å². The highest BCUT2D eigenvalue weighted by molar-refractivity contribution is 14.1. The molecular formula is C20H18IN3O. The number of fused-ring (bicyclic) bond motifs is 1. The lowest BCUT2D eigenvalue weighted by molar-refractivity contribution is 0.102. The Morgan fingerprint density at radius 2 is 1.88 bits per heavy atom. The summed E-state index contributed by atoms with van der Waals surface area (Å²) in [6.45, 7) is 1.06. The summed E-state index contributed by atoms with van der Waals surface area (Å²) in [6, 6.07) is 15.5. The average molecular weight is 443 g/mol. The Morgan fingerprint density at radius 1 is 1.08 bits per heavy atom. The fraction of sp³-hybridized carbons (Fsp3) is 0.200. The maximum Gasteiger partial charge on any atom is 0.256 e. The number of aryl methyl sites for hydroxylation is 2. The lowest BCUT2D eigenvalue weighted by Gasteiger charge is -2.11. The predicted molar refractivity (Wildman–Crippen MR) is 108 cm³/mol. The molecule has 2 heterocycles. The van der Waals surface area contributed by atoms with Crippen LogP contribution in [-0.2, 0) is 13.0 Å². The number of nitrogens with zero attached hydrogens (tertiary/aromatic N) is 2. The van der Waals surface area contributed by atoms with Crippen LogP contribution in [0.3, 0.4) is 0 Å². The number of carbonyl (C=O) groups is 1. The number of rotatable bonds is 3. The topological polar surface area (TPSA) is 46.9 Å². The van der Waals surface area contributed by atoms with Gasteiger partial charge in [-0.1, -0.05) is 24.3 Å². The molecule has 0 saturated heterocycles. The highest BCUT2D eigenvalue weighted by atomic mass is 127. The van der Waals surface area contributed by atoms with Gasteiger partial charge in [-0.05, 0) is 59.7 Å². The molecule has 4 rings (SSSR count). The lowest BCUT2D eigenvalue weighted by atomic mass is 10.1. The normalized spacial score (nSPS) is 13.3. The van der Waals surface area contributed by atoms with Crippen LogP contribution in [-0.4, -0.2) is 15.5 Å². The number of benzene rings is 2. The summed E-state index contributed by atoms with van der Waals surface area (Å²) in [6.07, 6.45) is 5.64. The van der Waals surface area contributed by atoms with Crippen LogP contribution < -0.4 is 5.32 Å². The zero-order valence-corrected chi connectivity index (χ0v) is 15.9. The Morgan fingerprint density at radius 3 is 2.64 bits per heavy atom. The van der Waals surface area contributed by atoms with Gasteiger partial charge in [-0.2, -0.15) is 0 Å². The van der Waals surface area contributed by atoms with Gasteiger partial charge in [-0.25, -0.2) is 4.98 Å². The van der Waals surface area contributed by atoms with Crippen molar-refractivity contribution in [2.75, 3.05) is 5.32 Å². The van der Waals surface area contributed by atoms with Crippen LogP contribution >= 0.6 is 22.6 Å². The molecule has 0 saturated carbocycles. The van der Waals surface area contributed by atoms with Crippen LogP contribution in [0.5, 0.6) is 0 Å². The molecule has 0 unspecified atom stereocenters. The number of halogens is 1. The smallest absolute Gasteiger partial charge is 0.256 e. The van der Waals surface area contributed by atoms with Gasteiger partial charge in [0.25, 0.3) is 5.91 Å². The van der Waals surface area contributed by atoms with Crippen molar-refractivity contribution >= 4 is 34.2 Å². The molecule has 0 atom stereocenters. The first-order valence-electron chi connectivity index (χ1n) is 8.43. The number of hydrogen-bond donors (Lipinski definition) is 1. The molecule has 4 nitrogen and oxygen atoms in total. The first kappa shape index (κ1) is 16.3. The second-order valence-electron chi connectivity index (χ2n) is 6.20. The molecule has 0 aliphatic carbocycles. The predicted octanol–water partition coefficient (Wildman–Crippen LogP) is 4.74. The SMILES string of the molecule is O=C(Nc1ccc(-c2cn3c(n2)CCCC3)cc1)c1ccccc1I. The van der Waals surface area contributed by atoms with E-state index in [2.05, 4.69) is 38.7 Å². The molecule has 3 aromatic rings. The minimum atomic E-state index is -0.0878. The van der Waals surface area contributed by atoms with E-state index in [4.69, 9.17) is 4.98 Å². The van der Waals surface area contributed by atoms with E-state index < -0.39 is 0 Å². The molecule has 5 heteroatoms. The van der Waals surface area contributed by atoms with E-state index in [1.807, 2.05) is 48.5 Å². The van der Waals surface area contributed by atoms with Crippen LogP contribution in [0.1, 0.15) is 29.0 Å². The summed E-state index contributed by atoms with van der Waals surface area (Å²) >= 11 is 2.18. The molecule has 1 aromatic heterocycles. The standard InChI is InChI=1S/C20H18IN3O/c21-17-6-2-1-5-16(17)20(25)22-15-10-8-14(9-11-15)18-13-24-12-4-3-7-19(24)23-18/h1-2,5-6,8-11,13H,3-4,7,12H2,(H,22,25). The summed E-state index contributed by atoms with van der Waals surface area (Å²) in [7, 11) is 0. The maximum atomic E-state index is 12.4. The lowest BCUT2D eigenvalue weighted by Crippen LogP contribution is -2.13. The zero-order chi connectivity index (χ0) is 17.2. The molecule has 1 aliphatic rings. The van der Waals surface area contributed by atoms with Gasteiger partial charge in [-0.15, -0.1) is 0 Å². The van der Waals surface area contributed by atoms with E-state index >= 15 is 0 Å². The molecule has 2 aromatic carbocycles. The molecule has 0 spiro atoms. The zero-order valence-electron chi connectivity index (χ0n) is 13.7. The molecule has 1 amide bonds. The fourth-order valence-electron chi connectivity index (χ4n) is 3.12. The monoisotopic (exact) mass is 443 g/mol. The number of hydrogen-bond acceptors (Lipinski definition) is 2. The van der Waals surface area contributed by atoms with Crippen molar-refractivity contribution in [3.63, 3.8) is 0 Å². The van der Waals surface area contributed by atoms with E-state index in [-0.39, 0.29) is 5.91 Å². The highest BCUT2D eigenvalue weighted by Crippen LogP contribution is 2.24. The second kappa shape index (κ2) is 7.00. The number of imidazole rings is 1. The van der Waals surface area contributed by atoms with Crippen LogP contribution in [0.25, 0.3) is 11.3 Å². The van der Waals surface area contributed by atoms with E-state index in [9.17, 15) is 4.79 Å². The largest absolute Gasteiger partial charge is 0.334 e. The summed E-state index contributed by atoms with van der Waals surface area (Å²) in [5.74, 6) is 1.09. The summed E-state index contributed by atoms with van der Waals surface area (Å²) in [5.41, 5.74) is 3.56. The molecule has 0 bridgehead atoms. The highest BCUT2D eigenvalue weighted by Gasteiger charge is 2.13. The van der Waals surface area contributed by atoms with Gasteiger partial charge in [0.15, 0.2) is 0 Å².